The van der Waals surface area contributed by atoms with Gasteiger partial charge in [0.2, 0.25) is 5.91 Å². The van der Waals surface area contributed by atoms with E-state index in [-0.39, 0.29) is 18.2 Å². The summed E-state index contributed by atoms with van der Waals surface area (Å²) in [7, 11) is 1.65. The molecule has 0 aromatic heterocycles. The van der Waals surface area contributed by atoms with Gasteiger partial charge >= 0.3 is 0 Å². The predicted molar refractivity (Wildman–Crippen MR) is 56.5 cm³/mol. The van der Waals surface area contributed by atoms with Crippen LogP contribution in [0, 0.1) is 0 Å². The van der Waals surface area contributed by atoms with Gasteiger partial charge in [0.05, 0.1) is 12.6 Å². The van der Waals surface area contributed by atoms with E-state index in [9.17, 15) is 14.4 Å². The van der Waals surface area contributed by atoms with Gasteiger partial charge in [-0.05, 0) is 13.5 Å². The first-order chi connectivity index (χ1) is 7.15. The molecule has 0 rings (SSSR count). The van der Waals surface area contributed by atoms with Gasteiger partial charge in [0, 0.05) is 12.8 Å². The minimum atomic E-state index is -0.402. The predicted octanol–water partition coefficient (Wildman–Crippen LogP) is -0.351. The second-order valence-corrected chi connectivity index (χ2v) is 3.18. The van der Waals surface area contributed by atoms with Crippen molar-refractivity contribution in [2.24, 2.45) is 0 Å². The van der Waals surface area contributed by atoms with Crippen LogP contribution in [0.25, 0.3) is 0 Å². The van der Waals surface area contributed by atoms with Crippen molar-refractivity contribution in [3.63, 3.8) is 0 Å². The lowest BCUT2D eigenvalue weighted by atomic mass is 10.1. The fourth-order valence-corrected chi connectivity index (χ4v) is 1.15. The number of ketones is 1. The maximum atomic E-state index is 11.4. The maximum absolute atomic E-state index is 11.4. The van der Waals surface area contributed by atoms with Gasteiger partial charge in [0.25, 0.3) is 0 Å². The third-order valence-corrected chi connectivity index (χ3v) is 2.13. The first kappa shape index (κ1) is 13.8. The first-order valence-electron chi connectivity index (χ1n) is 5.06. The van der Waals surface area contributed by atoms with Gasteiger partial charge in [0.15, 0.2) is 0 Å². The van der Waals surface area contributed by atoms with Crippen LogP contribution in [0.4, 0.5) is 0 Å². The van der Waals surface area contributed by atoms with Crippen LogP contribution >= 0.6 is 0 Å². The SMILES string of the molecule is CCC(=O)CCC(NC)C(=O)NCC=O. The van der Waals surface area contributed by atoms with Crippen molar-refractivity contribution in [3.05, 3.63) is 0 Å². The van der Waals surface area contributed by atoms with Crippen LogP contribution in [0.15, 0.2) is 0 Å². The summed E-state index contributed by atoms with van der Waals surface area (Å²) >= 11 is 0. The van der Waals surface area contributed by atoms with Crippen molar-refractivity contribution in [2.45, 2.75) is 32.2 Å². The molecule has 1 unspecified atom stereocenters. The number of hydrogen-bond donors (Lipinski definition) is 2. The molecule has 0 bridgehead atoms. The third-order valence-electron chi connectivity index (χ3n) is 2.13. The molecule has 0 aromatic carbocycles. The minimum absolute atomic E-state index is 0.0126. The van der Waals surface area contributed by atoms with Crippen molar-refractivity contribution in [2.75, 3.05) is 13.6 Å². The lowest BCUT2D eigenvalue weighted by Gasteiger charge is -2.14. The van der Waals surface area contributed by atoms with Gasteiger partial charge in [-0.3, -0.25) is 9.59 Å². The molecule has 0 fully saturated rings. The van der Waals surface area contributed by atoms with E-state index in [0.29, 0.717) is 25.5 Å². The van der Waals surface area contributed by atoms with Gasteiger partial charge in [-0.25, -0.2) is 0 Å². The molecule has 5 heteroatoms. The summed E-state index contributed by atoms with van der Waals surface area (Å²) in [5, 5.41) is 5.25. The highest BCUT2D eigenvalue weighted by Gasteiger charge is 2.16. The average Bonchev–Trinajstić information content (AvgIpc) is 2.26. The Morgan fingerprint density at radius 1 is 1.40 bits per heavy atom. The summed E-state index contributed by atoms with van der Waals surface area (Å²) in [6, 6.07) is -0.402. The molecule has 0 aliphatic carbocycles. The zero-order chi connectivity index (χ0) is 11.7. The highest BCUT2D eigenvalue weighted by molar-refractivity contribution is 5.84. The first-order valence-corrected chi connectivity index (χ1v) is 5.06. The highest BCUT2D eigenvalue weighted by Crippen LogP contribution is 2.00. The summed E-state index contributed by atoms with van der Waals surface area (Å²) < 4.78 is 0. The average molecular weight is 214 g/mol. The maximum Gasteiger partial charge on any atom is 0.237 e. The molecule has 15 heavy (non-hydrogen) atoms. The van der Waals surface area contributed by atoms with Crippen LogP contribution in [0.1, 0.15) is 26.2 Å². The fourth-order valence-electron chi connectivity index (χ4n) is 1.15. The molecule has 0 aliphatic heterocycles. The van der Waals surface area contributed by atoms with E-state index in [2.05, 4.69) is 10.6 Å². The van der Waals surface area contributed by atoms with Crippen molar-refractivity contribution < 1.29 is 14.4 Å². The number of Topliss-reactive ketones (excluding diaryl/α,β-unsaturated/α-hetero) is 1. The fraction of sp³-hybridized carbons (Fsp3) is 0.700. The standard InChI is InChI=1S/C10H18N2O3/c1-3-8(14)4-5-9(11-2)10(15)12-6-7-13/h7,9,11H,3-6H2,1-2H3,(H,12,15). The highest BCUT2D eigenvalue weighted by atomic mass is 16.2. The Kier molecular flexibility index (Phi) is 7.44. The van der Waals surface area contributed by atoms with Gasteiger partial charge < -0.3 is 15.4 Å². The summed E-state index contributed by atoms with van der Waals surface area (Å²) in [6.07, 6.45) is 1.97. The largest absolute Gasteiger partial charge is 0.348 e. The molecule has 0 spiro atoms. The van der Waals surface area contributed by atoms with E-state index in [1.807, 2.05) is 0 Å². The molecule has 1 atom stereocenters. The number of hydrogen-bond acceptors (Lipinski definition) is 4. The molecule has 5 nitrogen and oxygen atoms in total. The zero-order valence-electron chi connectivity index (χ0n) is 9.21. The number of carbonyl (C=O) groups excluding carboxylic acids is 3. The minimum Gasteiger partial charge on any atom is -0.348 e. The molecule has 2 N–H and O–H groups in total. The topological polar surface area (TPSA) is 75.3 Å². The molecule has 0 heterocycles. The van der Waals surface area contributed by atoms with E-state index in [4.69, 9.17) is 0 Å². The number of carbonyl (C=O) groups is 3. The molecular weight excluding hydrogens is 196 g/mol. The molecule has 0 saturated heterocycles. The van der Waals surface area contributed by atoms with Crippen LogP contribution in [0.5, 0.6) is 0 Å². The molecule has 1 amide bonds. The van der Waals surface area contributed by atoms with Crippen LogP contribution in [-0.2, 0) is 14.4 Å². The summed E-state index contributed by atoms with van der Waals surface area (Å²) in [5.41, 5.74) is 0. The number of amides is 1. The van der Waals surface area contributed by atoms with Crippen molar-refractivity contribution in [1.29, 1.82) is 0 Å². The van der Waals surface area contributed by atoms with E-state index in [1.54, 1.807) is 14.0 Å². The van der Waals surface area contributed by atoms with Crippen LogP contribution in [0.2, 0.25) is 0 Å². The van der Waals surface area contributed by atoms with Crippen molar-refractivity contribution >= 4 is 18.0 Å². The smallest absolute Gasteiger partial charge is 0.237 e. The van der Waals surface area contributed by atoms with Gasteiger partial charge in [0.1, 0.15) is 12.1 Å². The third kappa shape index (κ3) is 5.96. The Hall–Kier alpha value is -1.23. The van der Waals surface area contributed by atoms with Crippen molar-refractivity contribution in [3.8, 4) is 0 Å². The monoisotopic (exact) mass is 214 g/mol. The van der Waals surface area contributed by atoms with Gasteiger partial charge in [-0.1, -0.05) is 6.92 Å². The number of likely N-dealkylation sites (N-methyl/N-ethyl adjacent to an activating group) is 1. The van der Waals surface area contributed by atoms with E-state index >= 15 is 0 Å². The van der Waals surface area contributed by atoms with Gasteiger partial charge in [-0.15, -0.1) is 0 Å². The van der Waals surface area contributed by atoms with Crippen LogP contribution in [-0.4, -0.2) is 37.6 Å². The van der Waals surface area contributed by atoms with E-state index in [0.717, 1.165) is 0 Å². The lowest BCUT2D eigenvalue weighted by molar-refractivity contribution is -0.124. The molecular formula is C10H18N2O3. The molecule has 86 valence electrons. The van der Waals surface area contributed by atoms with E-state index in [1.165, 1.54) is 0 Å². The Balaban J connectivity index is 3.95. The normalized spacial score (nSPS) is 11.9. The van der Waals surface area contributed by atoms with Crippen LogP contribution in [0.3, 0.4) is 0 Å². The number of nitrogens with one attached hydrogen (secondary N) is 2. The number of aldehydes is 1. The number of rotatable bonds is 8. The summed E-state index contributed by atoms with van der Waals surface area (Å²) in [6.45, 7) is 1.81. The molecule has 0 radical (unpaired) electrons. The van der Waals surface area contributed by atoms with Gasteiger partial charge in [-0.2, -0.15) is 0 Å². The van der Waals surface area contributed by atoms with Crippen molar-refractivity contribution in [1.82, 2.24) is 10.6 Å². The second kappa shape index (κ2) is 8.11. The Labute approximate surface area is 89.6 Å². The molecule has 0 saturated carbocycles. The molecule has 0 aromatic rings. The molecule has 0 aliphatic rings. The quantitative estimate of drug-likeness (QED) is 0.541. The Bertz CT molecular complexity index is 229. The zero-order valence-corrected chi connectivity index (χ0v) is 9.21. The Morgan fingerprint density at radius 3 is 2.53 bits per heavy atom. The lowest BCUT2D eigenvalue weighted by Crippen LogP contribution is -2.43. The summed E-state index contributed by atoms with van der Waals surface area (Å²) in [4.78, 5) is 32.5. The second-order valence-electron chi connectivity index (χ2n) is 3.18. The Morgan fingerprint density at radius 2 is 2.07 bits per heavy atom. The van der Waals surface area contributed by atoms with Crippen LogP contribution < -0.4 is 10.6 Å². The summed E-state index contributed by atoms with van der Waals surface area (Å²) in [5.74, 6) is -0.105. The van der Waals surface area contributed by atoms with E-state index < -0.39 is 6.04 Å².